The van der Waals surface area contributed by atoms with Gasteiger partial charge in [0.05, 0.1) is 0 Å². The van der Waals surface area contributed by atoms with Gasteiger partial charge in [-0.2, -0.15) is 0 Å². The fourth-order valence-corrected chi connectivity index (χ4v) is 1.57. The molecule has 1 aromatic heterocycles. The van der Waals surface area contributed by atoms with Crippen LogP contribution >= 0.6 is 11.6 Å². The summed E-state index contributed by atoms with van der Waals surface area (Å²) in [6.07, 6.45) is 3.67. The number of amides is 1. The quantitative estimate of drug-likeness (QED) is 0.843. The van der Waals surface area contributed by atoms with Crippen LogP contribution in [0.25, 0.3) is 0 Å². The Balaban J connectivity index is 1.98. The van der Waals surface area contributed by atoms with E-state index in [0.29, 0.717) is 17.1 Å². The fourth-order valence-electron chi connectivity index (χ4n) is 1.38. The molecule has 2 N–H and O–H groups in total. The Morgan fingerprint density at radius 3 is 2.94 bits per heavy atom. The van der Waals surface area contributed by atoms with Gasteiger partial charge in [-0.05, 0) is 29.8 Å². The molecule has 0 radical (unpaired) electrons. The summed E-state index contributed by atoms with van der Waals surface area (Å²) in [5.41, 5.74) is 1.61. The zero-order valence-corrected chi connectivity index (χ0v) is 9.29. The van der Waals surface area contributed by atoms with Gasteiger partial charge in [0.25, 0.3) is 5.91 Å². The SMILES string of the molecule is O=C(NCc1cc[nH]c1)c1cccc(Cl)c1. The van der Waals surface area contributed by atoms with Crippen molar-refractivity contribution in [2.75, 3.05) is 0 Å². The van der Waals surface area contributed by atoms with E-state index < -0.39 is 0 Å². The number of hydrogen-bond donors (Lipinski definition) is 2. The van der Waals surface area contributed by atoms with Crippen LogP contribution in [-0.4, -0.2) is 10.9 Å². The predicted octanol–water partition coefficient (Wildman–Crippen LogP) is 2.60. The summed E-state index contributed by atoms with van der Waals surface area (Å²) in [7, 11) is 0. The minimum Gasteiger partial charge on any atom is -0.367 e. The molecule has 0 aliphatic rings. The lowest BCUT2D eigenvalue weighted by atomic mass is 10.2. The van der Waals surface area contributed by atoms with Crippen LogP contribution in [0.4, 0.5) is 0 Å². The second kappa shape index (κ2) is 4.86. The lowest BCUT2D eigenvalue weighted by Crippen LogP contribution is -2.22. The van der Waals surface area contributed by atoms with Crippen LogP contribution < -0.4 is 5.32 Å². The molecule has 2 rings (SSSR count). The molecule has 1 amide bonds. The van der Waals surface area contributed by atoms with Crippen LogP contribution in [0.2, 0.25) is 5.02 Å². The van der Waals surface area contributed by atoms with Crippen molar-refractivity contribution in [1.29, 1.82) is 0 Å². The number of nitrogens with one attached hydrogen (secondary N) is 2. The Morgan fingerprint density at radius 1 is 1.38 bits per heavy atom. The van der Waals surface area contributed by atoms with Crippen molar-refractivity contribution in [2.45, 2.75) is 6.54 Å². The second-order valence-electron chi connectivity index (χ2n) is 3.41. The Bertz CT molecular complexity index is 480. The molecule has 0 saturated carbocycles. The van der Waals surface area contributed by atoms with Gasteiger partial charge < -0.3 is 10.3 Å². The van der Waals surface area contributed by atoms with Gasteiger partial charge in [0.2, 0.25) is 0 Å². The maximum atomic E-state index is 11.7. The molecule has 0 saturated heterocycles. The smallest absolute Gasteiger partial charge is 0.251 e. The highest BCUT2D eigenvalue weighted by Crippen LogP contribution is 2.10. The van der Waals surface area contributed by atoms with Crippen LogP contribution in [0.1, 0.15) is 15.9 Å². The van der Waals surface area contributed by atoms with Crippen LogP contribution in [-0.2, 0) is 6.54 Å². The minimum absolute atomic E-state index is 0.122. The van der Waals surface area contributed by atoms with Crippen LogP contribution in [0.5, 0.6) is 0 Å². The van der Waals surface area contributed by atoms with E-state index in [0.717, 1.165) is 5.56 Å². The minimum atomic E-state index is -0.122. The van der Waals surface area contributed by atoms with Gasteiger partial charge in [-0.25, -0.2) is 0 Å². The largest absolute Gasteiger partial charge is 0.367 e. The molecule has 3 nitrogen and oxygen atoms in total. The van der Waals surface area contributed by atoms with E-state index in [-0.39, 0.29) is 5.91 Å². The standard InChI is InChI=1S/C12H11ClN2O/c13-11-3-1-2-10(6-11)12(16)15-8-9-4-5-14-7-9/h1-7,14H,8H2,(H,15,16). The van der Waals surface area contributed by atoms with Crippen LogP contribution in [0.15, 0.2) is 42.7 Å². The first kappa shape index (κ1) is 10.8. The molecule has 0 atom stereocenters. The van der Waals surface area contributed by atoms with E-state index in [1.54, 1.807) is 24.3 Å². The molecule has 0 aliphatic heterocycles. The number of hydrogen-bond acceptors (Lipinski definition) is 1. The molecule has 0 unspecified atom stereocenters. The molecular weight excluding hydrogens is 224 g/mol. The Hall–Kier alpha value is -1.74. The summed E-state index contributed by atoms with van der Waals surface area (Å²) in [5.74, 6) is -0.122. The lowest BCUT2D eigenvalue weighted by molar-refractivity contribution is 0.0951. The fraction of sp³-hybridized carbons (Fsp3) is 0.0833. The highest BCUT2D eigenvalue weighted by atomic mass is 35.5. The second-order valence-corrected chi connectivity index (χ2v) is 3.85. The van der Waals surface area contributed by atoms with E-state index in [2.05, 4.69) is 10.3 Å². The average molecular weight is 235 g/mol. The van der Waals surface area contributed by atoms with Crippen molar-refractivity contribution < 1.29 is 4.79 Å². The number of aromatic amines is 1. The summed E-state index contributed by atoms with van der Waals surface area (Å²) < 4.78 is 0. The summed E-state index contributed by atoms with van der Waals surface area (Å²) in [5, 5.41) is 3.38. The third-order valence-corrected chi connectivity index (χ3v) is 2.44. The van der Waals surface area contributed by atoms with Gasteiger partial charge in [-0.3, -0.25) is 4.79 Å². The van der Waals surface area contributed by atoms with Crippen molar-refractivity contribution in [3.63, 3.8) is 0 Å². The van der Waals surface area contributed by atoms with Gasteiger partial charge >= 0.3 is 0 Å². The number of H-pyrrole nitrogens is 1. The first-order valence-electron chi connectivity index (χ1n) is 4.91. The molecule has 0 aliphatic carbocycles. The molecule has 1 heterocycles. The predicted molar refractivity (Wildman–Crippen MR) is 63.4 cm³/mol. The maximum absolute atomic E-state index is 11.7. The Labute approximate surface area is 98.4 Å². The zero-order chi connectivity index (χ0) is 11.4. The summed E-state index contributed by atoms with van der Waals surface area (Å²) in [6, 6.07) is 8.79. The number of carbonyl (C=O) groups is 1. The summed E-state index contributed by atoms with van der Waals surface area (Å²) in [4.78, 5) is 14.6. The maximum Gasteiger partial charge on any atom is 0.251 e. The topological polar surface area (TPSA) is 44.9 Å². The molecule has 0 bridgehead atoms. The molecule has 16 heavy (non-hydrogen) atoms. The van der Waals surface area contributed by atoms with Gasteiger partial charge in [0.15, 0.2) is 0 Å². The molecule has 4 heteroatoms. The first-order chi connectivity index (χ1) is 7.75. The third kappa shape index (κ3) is 2.64. The molecule has 0 spiro atoms. The highest BCUT2D eigenvalue weighted by Gasteiger charge is 2.05. The van der Waals surface area contributed by atoms with Crippen molar-refractivity contribution in [1.82, 2.24) is 10.3 Å². The van der Waals surface area contributed by atoms with Crippen molar-refractivity contribution >= 4 is 17.5 Å². The molecule has 0 fully saturated rings. The van der Waals surface area contributed by atoms with Gasteiger partial charge in [0.1, 0.15) is 0 Å². The monoisotopic (exact) mass is 234 g/mol. The Kier molecular flexibility index (Phi) is 3.27. The van der Waals surface area contributed by atoms with Crippen molar-refractivity contribution in [3.8, 4) is 0 Å². The normalized spacial score (nSPS) is 10.1. The van der Waals surface area contributed by atoms with Crippen molar-refractivity contribution in [3.05, 3.63) is 58.9 Å². The summed E-state index contributed by atoms with van der Waals surface area (Å²) in [6.45, 7) is 0.509. The number of carbonyl (C=O) groups excluding carboxylic acids is 1. The van der Waals surface area contributed by atoms with Gasteiger partial charge in [0, 0.05) is 29.5 Å². The van der Waals surface area contributed by atoms with Crippen molar-refractivity contribution in [2.24, 2.45) is 0 Å². The van der Waals surface area contributed by atoms with Crippen LogP contribution in [0, 0.1) is 0 Å². The zero-order valence-electron chi connectivity index (χ0n) is 8.53. The third-order valence-electron chi connectivity index (χ3n) is 2.20. The molecular formula is C12H11ClN2O. The number of halogens is 1. The van der Waals surface area contributed by atoms with E-state index in [1.807, 2.05) is 18.5 Å². The average Bonchev–Trinajstić information content (AvgIpc) is 2.78. The van der Waals surface area contributed by atoms with E-state index in [4.69, 9.17) is 11.6 Å². The van der Waals surface area contributed by atoms with E-state index in [1.165, 1.54) is 0 Å². The van der Waals surface area contributed by atoms with E-state index >= 15 is 0 Å². The highest BCUT2D eigenvalue weighted by molar-refractivity contribution is 6.30. The van der Waals surface area contributed by atoms with Gasteiger partial charge in [-0.1, -0.05) is 17.7 Å². The molecule has 2 aromatic rings. The van der Waals surface area contributed by atoms with E-state index in [9.17, 15) is 4.79 Å². The van der Waals surface area contributed by atoms with Crippen LogP contribution in [0.3, 0.4) is 0 Å². The summed E-state index contributed by atoms with van der Waals surface area (Å²) >= 11 is 5.80. The number of rotatable bonds is 3. The number of aromatic nitrogens is 1. The molecule has 1 aromatic carbocycles. The Morgan fingerprint density at radius 2 is 2.25 bits per heavy atom. The number of benzene rings is 1. The first-order valence-corrected chi connectivity index (χ1v) is 5.29. The lowest BCUT2D eigenvalue weighted by Gasteiger charge is -2.03. The molecule has 82 valence electrons. The van der Waals surface area contributed by atoms with Gasteiger partial charge in [-0.15, -0.1) is 0 Å².